The van der Waals surface area contributed by atoms with Crippen LogP contribution in [0.5, 0.6) is 0 Å². The quantitative estimate of drug-likeness (QED) is 0.262. The van der Waals surface area contributed by atoms with Crippen LogP contribution in [-0.4, -0.2) is 30.0 Å². The van der Waals surface area contributed by atoms with Crippen molar-refractivity contribution in [2.75, 3.05) is 6.54 Å². The third-order valence-electron chi connectivity index (χ3n) is 2.98. The normalized spacial score (nSPS) is 18.0. The molecule has 1 aliphatic rings. The Kier molecular flexibility index (Phi) is 6.08. The molecule has 1 amide bonds. The summed E-state index contributed by atoms with van der Waals surface area (Å²) in [6, 6.07) is 0.411. The van der Waals surface area contributed by atoms with Gasteiger partial charge in [-0.05, 0) is 33.6 Å². The molecule has 6 heteroatoms. The van der Waals surface area contributed by atoms with Crippen LogP contribution in [0.25, 0.3) is 0 Å². The second-order valence-corrected chi connectivity index (χ2v) is 6.09. The maximum atomic E-state index is 11.7. The van der Waals surface area contributed by atoms with Gasteiger partial charge in [-0.2, -0.15) is 0 Å². The molecule has 0 aromatic rings. The molecular formula is C13H27N5O. The van der Waals surface area contributed by atoms with E-state index in [9.17, 15) is 4.79 Å². The lowest BCUT2D eigenvalue weighted by atomic mass is 9.96. The zero-order valence-corrected chi connectivity index (χ0v) is 12.3. The fourth-order valence-electron chi connectivity index (χ4n) is 2.18. The van der Waals surface area contributed by atoms with Crippen molar-refractivity contribution in [1.82, 2.24) is 16.1 Å². The molecule has 5 N–H and O–H groups in total. The van der Waals surface area contributed by atoms with Gasteiger partial charge in [0, 0.05) is 11.6 Å². The summed E-state index contributed by atoms with van der Waals surface area (Å²) in [5, 5.41) is 6.12. The molecule has 1 saturated carbocycles. The molecule has 0 heterocycles. The molecule has 19 heavy (non-hydrogen) atoms. The zero-order chi connectivity index (χ0) is 14.3. The highest BCUT2D eigenvalue weighted by atomic mass is 16.2. The summed E-state index contributed by atoms with van der Waals surface area (Å²) in [5.41, 5.74) is 2.29. The van der Waals surface area contributed by atoms with Crippen LogP contribution in [0.1, 0.15) is 52.9 Å². The van der Waals surface area contributed by atoms with Gasteiger partial charge in [-0.1, -0.05) is 19.3 Å². The topological polar surface area (TPSA) is 91.5 Å². The number of carbonyl (C=O) groups excluding carboxylic acids is 1. The molecule has 1 aliphatic carbocycles. The Labute approximate surface area is 115 Å². The van der Waals surface area contributed by atoms with Crippen LogP contribution < -0.4 is 21.9 Å². The molecule has 110 valence electrons. The van der Waals surface area contributed by atoms with E-state index in [0.29, 0.717) is 12.0 Å². The first-order valence-electron chi connectivity index (χ1n) is 6.99. The SMILES string of the molecule is CC(C)(C)NC(=O)CN=C(NN)NC1CCCCC1. The molecule has 1 rings (SSSR count). The monoisotopic (exact) mass is 269 g/mol. The van der Waals surface area contributed by atoms with E-state index >= 15 is 0 Å². The minimum absolute atomic E-state index is 0.0799. The summed E-state index contributed by atoms with van der Waals surface area (Å²) in [7, 11) is 0. The zero-order valence-electron chi connectivity index (χ0n) is 12.3. The average molecular weight is 269 g/mol. The van der Waals surface area contributed by atoms with Crippen LogP contribution in [0.3, 0.4) is 0 Å². The third-order valence-corrected chi connectivity index (χ3v) is 2.98. The Morgan fingerprint density at radius 3 is 2.42 bits per heavy atom. The van der Waals surface area contributed by atoms with Gasteiger partial charge in [0.25, 0.3) is 0 Å². The van der Waals surface area contributed by atoms with E-state index in [1.165, 1.54) is 19.3 Å². The van der Waals surface area contributed by atoms with Crippen molar-refractivity contribution in [3.63, 3.8) is 0 Å². The predicted octanol–water partition coefficient (Wildman–Crippen LogP) is 0.643. The lowest BCUT2D eigenvalue weighted by Gasteiger charge is -2.24. The molecule has 0 aromatic heterocycles. The van der Waals surface area contributed by atoms with E-state index in [4.69, 9.17) is 5.84 Å². The summed E-state index contributed by atoms with van der Waals surface area (Å²) in [4.78, 5) is 15.8. The fraction of sp³-hybridized carbons (Fsp3) is 0.846. The van der Waals surface area contributed by atoms with E-state index in [0.717, 1.165) is 12.8 Å². The van der Waals surface area contributed by atoms with Gasteiger partial charge >= 0.3 is 0 Å². The number of aliphatic imine (C=N–C) groups is 1. The summed E-state index contributed by atoms with van der Waals surface area (Å²) in [6.07, 6.45) is 6.04. The standard InChI is InChI=1S/C13H27N5O/c1-13(2,3)17-11(19)9-15-12(18-14)16-10-7-5-4-6-8-10/h10H,4-9,14H2,1-3H3,(H,17,19)(H2,15,16,18). The largest absolute Gasteiger partial charge is 0.353 e. The van der Waals surface area contributed by atoms with Gasteiger partial charge in [0.2, 0.25) is 11.9 Å². The van der Waals surface area contributed by atoms with Crippen molar-refractivity contribution in [2.24, 2.45) is 10.8 Å². The Morgan fingerprint density at radius 2 is 1.89 bits per heavy atom. The first-order valence-corrected chi connectivity index (χ1v) is 6.99. The van der Waals surface area contributed by atoms with Crippen LogP contribution in [0.2, 0.25) is 0 Å². The Bertz CT molecular complexity index is 315. The van der Waals surface area contributed by atoms with E-state index in [1.807, 2.05) is 20.8 Å². The maximum absolute atomic E-state index is 11.7. The molecule has 0 aromatic carbocycles. The number of nitrogens with zero attached hydrogens (tertiary/aromatic N) is 1. The van der Waals surface area contributed by atoms with Crippen LogP contribution in [0.4, 0.5) is 0 Å². The van der Waals surface area contributed by atoms with Crippen molar-refractivity contribution >= 4 is 11.9 Å². The summed E-state index contributed by atoms with van der Waals surface area (Å²) < 4.78 is 0. The van der Waals surface area contributed by atoms with E-state index in [1.54, 1.807) is 0 Å². The van der Waals surface area contributed by atoms with Gasteiger partial charge in [-0.15, -0.1) is 0 Å². The summed E-state index contributed by atoms with van der Waals surface area (Å²) in [6.45, 7) is 5.90. The van der Waals surface area contributed by atoms with Crippen LogP contribution in [0, 0.1) is 0 Å². The number of rotatable bonds is 3. The molecular weight excluding hydrogens is 242 g/mol. The number of hydrazine groups is 1. The molecule has 1 fully saturated rings. The first kappa shape index (κ1) is 15.8. The van der Waals surface area contributed by atoms with Gasteiger partial charge in [0.1, 0.15) is 6.54 Å². The Balaban J connectivity index is 2.40. The number of hydrogen-bond acceptors (Lipinski definition) is 3. The van der Waals surface area contributed by atoms with Crippen molar-refractivity contribution in [3.05, 3.63) is 0 Å². The highest BCUT2D eigenvalue weighted by molar-refractivity contribution is 5.85. The second kappa shape index (κ2) is 7.33. The maximum Gasteiger partial charge on any atom is 0.242 e. The van der Waals surface area contributed by atoms with Gasteiger partial charge in [-0.3, -0.25) is 10.2 Å². The Hall–Kier alpha value is -1.30. The van der Waals surface area contributed by atoms with E-state index in [2.05, 4.69) is 21.1 Å². The van der Waals surface area contributed by atoms with E-state index < -0.39 is 0 Å². The highest BCUT2D eigenvalue weighted by Gasteiger charge is 2.15. The van der Waals surface area contributed by atoms with Crippen molar-refractivity contribution < 1.29 is 4.79 Å². The number of carbonyl (C=O) groups is 1. The lowest BCUT2D eigenvalue weighted by Crippen LogP contribution is -2.48. The molecule has 0 radical (unpaired) electrons. The number of nitrogens with one attached hydrogen (secondary N) is 3. The fourth-order valence-corrected chi connectivity index (χ4v) is 2.18. The van der Waals surface area contributed by atoms with Crippen molar-refractivity contribution in [3.8, 4) is 0 Å². The van der Waals surface area contributed by atoms with E-state index in [-0.39, 0.29) is 18.0 Å². The summed E-state index contributed by atoms with van der Waals surface area (Å²) >= 11 is 0. The molecule has 0 atom stereocenters. The van der Waals surface area contributed by atoms with Gasteiger partial charge in [-0.25, -0.2) is 10.8 Å². The van der Waals surface area contributed by atoms with Crippen molar-refractivity contribution in [1.29, 1.82) is 0 Å². The van der Waals surface area contributed by atoms with Crippen LogP contribution in [0.15, 0.2) is 4.99 Å². The smallest absolute Gasteiger partial charge is 0.242 e. The van der Waals surface area contributed by atoms with Gasteiger partial charge < -0.3 is 10.6 Å². The first-order chi connectivity index (χ1) is 8.90. The number of hydrogen-bond donors (Lipinski definition) is 4. The molecule has 0 saturated heterocycles. The third kappa shape index (κ3) is 7.00. The van der Waals surface area contributed by atoms with Crippen LogP contribution >= 0.6 is 0 Å². The summed E-state index contributed by atoms with van der Waals surface area (Å²) in [5.74, 6) is 5.82. The minimum Gasteiger partial charge on any atom is -0.353 e. The molecule has 0 bridgehead atoms. The minimum atomic E-state index is -0.236. The average Bonchev–Trinajstić information content (AvgIpc) is 2.33. The number of amides is 1. The number of guanidine groups is 1. The van der Waals surface area contributed by atoms with Gasteiger partial charge in [0.15, 0.2) is 0 Å². The Morgan fingerprint density at radius 1 is 1.26 bits per heavy atom. The molecule has 0 unspecified atom stereocenters. The lowest BCUT2D eigenvalue weighted by molar-refractivity contribution is -0.121. The molecule has 6 nitrogen and oxygen atoms in total. The van der Waals surface area contributed by atoms with Gasteiger partial charge in [0.05, 0.1) is 0 Å². The molecule has 0 aliphatic heterocycles. The van der Waals surface area contributed by atoms with Crippen LogP contribution in [-0.2, 0) is 4.79 Å². The second-order valence-electron chi connectivity index (χ2n) is 6.09. The van der Waals surface area contributed by atoms with Crippen molar-refractivity contribution in [2.45, 2.75) is 64.5 Å². The predicted molar refractivity (Wildman–Crippen MR) is 77.5 cm³/mol. The highest BCUT2D eigenvalue weighted by Crippen LogP contribution is 2.17. The molecule has 0 spiro atoms. The number of nitrogens with two attached hydrogens (primary N) is 1.